The molecule has 4 rings (SSSR count). The van der Waals surface area contributed by atoms with Crippen molar-refractivity contribution in [1.82, 2.24) is 14.9 Å². The monoisotopic (exact) mass is 494 g/mol. The van der Waals surface area contributed by atoms with Gasteiger partial charge in [0, 0.05) is 43.5 Å². The van der Waals surface area contributed by atoms with Gasteiger partial charge in [-0.3, -0.25) is 0 Å². The summed E-state index contributed by atoms with van der Waals surface area (Å²) in [5.74, 6) is 1.90. The van der Waals surface area contributed by atoms with Crippen molar-refractivity contribution in [3.05, 3.63) is 48.0 Å². The van der Waals surface area contributed by atoms with Gasteiger partial charge in [-0.15, -0.1) is 0 Å². The Kier molecular flexibility index (Phi) is 7.00. The van der Waals surface area contributed by atoms with E-state index in [1.165, 1.54) is 4.90 Å². The number of hydrogen-bond acceptors (Lipinski definition) is 9. The van der Waals surface area contributed by atoms with Crippen LogP contribution in [-0.4, -0.2) is 68.0 Å². The normalized spacial score (nSPS) is 14.8. The summed E-state index contributed by atoms with van der Waals surface area (Å²) >= 11 is 0. The maximum Gasteiger partial charge on any atom is 0.418 e. The minimum atomic E-state index is -1.11. The third-order valence-electron chi connectivity index (χ3n) is 6.65. The van der Waals surface area contributed by atoms with Gasteiger partial charge >= 0.3 is 12.2 Å². The summed E-state index contributed by atoms with van der Waals surface area (Å²) in [6.45, 7) is 1.40. The number of benzene rings is 2. The van der Waals surface area contributed by atoms with Crippen LogP contribution >= 0.6 is 0 Å². The molecule has 0 saturated carbocycles. The maximum atomic E-state index is 12.2. The highest BCUT2D eigenvalue weighted by Crippen LogP contribution is 2.38. The molecule has 0 atom stereocenters. The molecule has 0 radical (unpaired) electrons. The average molecular weight is 495 g/mol. The lowest BCUT2D eigenvalue weighted by Crippen LogP contribution is -2.50. The van der Waals surface area contributed by atoms with Gasteiger partial charge in [0.25, 0.3) is 0 Å². The van der Waals surface area contributed by atoms with E-state index in [1.807, 2.05) is 30.1 Å². The molecule has 2 amide bonds. The molecule has 4 N–H and O–H groups in total. The van der Waals surface area contributed by atoms with Crippen molar-refractivity contribution in [1.29, 1.82) is 0 Å². The van der Waals surface area contributed by atoms with Crippen LogP contribution in [-0.2, 0) is 10.2 Å². The molecule has 1 aromatic heterocycles. The summed E-state index contributed by atoms with van der Waals surface area (Å²) in [5, 5.41) is 0.670. The van der Waals surface area contributed by atoms with E-state index in [4.69, 9.17) is 25.9 Å². The van der Waals surface area contributed by atoms with Crippen LogP contribution in [0.25, 0.3) is 10.9 Å². The Morgan fingerprint density at radius 2 is 1.69 bits per heavy atom. The van der Waals surface area contributed by atoms with Crippen molar-refractivity contribution < 1.29 is 23.8 Å². The van der Waals surface area contributed by atoms with Crippen molar-refractivity contribution >= 4 is 34.9 Å². The number of rotatable bonds is 6. The number of anilines is 2. The number of carbonyl (C=O) groups is 2. The summed E-state index contributed by atoms with van der Waals surface area (Å²) < 4.78 is 15.4. The second-order valence-electron chi connectivity index (χ2n) is 8.81. The van der Waals surface area contributed by atoms with Gasteiger partial charge < -0.3 is 35.5 Å². The van der Waals surface area contributed by atoms with Crippen molar-refractivity contribution in [3.8, 4) is 11.5 Å². The Labute approximate surface area is 208 Å². The second kappa shape index (κ2) is 10.1. The first kappa shape index (κ1) is 24.8. The molecule has 3 aromatic rings. The fraction of sp³-hybridized carbons (Fsp3) is 0.360. The largest absolute Gasteiger partial charge is 0.493 e. The topological polar surface area (TPSA) is 146 Å². The Balaban J connectivity index is 1.63. The molecule has 1 fully saturated rings. The number of amides is 2. The predicted molar refractivity (Wildman–Crippen MR) is 135 cm³/mol. The number of primary amides is 1. The lowest BCUT2D eigenvalue weighted by molar-refractivity contribution is 0.102. The predicted octanol–water partition coefficient (Wildman–Crippen LogP) is 2.91. The molecule has 11 heteroatoms. The van der Waals surface area contributed by atoms with E-state index in [-0.39, 0.29) is 5.41 Å². The molecule has 2 heterocycles. The molecule has 11 nitrogen and oxygen atoms in total. The standard InChI is InChI=1S/C25H30N6O5/c1-30(23-28-18-14-20(35-3)19(34-2)13-17(18)21(26)29-23)15-25(16-7-5-4-6-8-16)9-11-31(12-10-25)24(33)36-22(27)32/h4-8,13-14H,9-12,15H2,1-3H3,(H2,27,32)(H2,26,28,29). The molecule has 36 heavy (non-hydrogen) atoms. The van der Waals surface area contributed by atoms with Gasteiger partial charge in [0.2, 0.25) is 5.95 Å². The average Bonchev–Trinajstić information content (AvgIpc) is 2.88. The summed E-state index contributed by atoms with van der Waals surface area (Å²) in [6, 6.07) is 13.7. The number of nitrogen functional groups attached to an aromatic ring is 1. The van der Waals surface area contributed by atoms with Gasteiger partial charge in [0.05, 0.1) is 19.7 Å². The van der Waals surface area contributed by atoms with Crippen molar-refractivity contribution in [2.75, 3.05) is 51.5 Å². The summed E-state index contributed by atoms with van der Waals surface area (Å²) in [6.07, 6.45) is -0.556. The van der Waals surface area contributed by atoms with Crippen molar-refractivity contribution in [3.63, 3.8) is 0 Å². The van der Waals surface area contributed by atoms with Crippen LogP contribution in [0.5, 0.6) is 11.5 Å². The fourth-order valence-electron chi connectivity index (χ4n) is 4.76. The molecule has 190 valence electrons. The third kappa shape index (κ3) is 4.90. The first-order valence-electron chi connectivity index (χ1n) is 11.5. The number of piperidine rings is 1. The number of methoxy groups -OCH3 is 2. The van der Waals surface area contributed by atoms with Crippen molar-refractivity contribution in [2.45, 2.75) is 18.3 Å². The highest BCUT2D eigenvalue weighted by Gasteiger charge is 2.39. The highest BCUT2D eigenvalue weighted by atomic mass is 16.6. The van der Waals surface area contributed by atoms with Crippen LogP contribution in [0.4, 0.5) is 21.4 Å². The van der Waals surface area contributed by atoms with E-state index in [2.05, 4.69) is 21.9 Å². The molecule has 1 aliphatic rings. The molecular weight excluding hydrogens is 464 g/mol. The van der Waals surface area contributed by atoms with E-state index in [9.17, 15) is 9.59 Å². The first-order valence-corrected chi connectivity index (χ1v) is 11.5. The zero-order chi connectivity index (χ0) is 25.9. The van der Waals surface area contributed by atoms with E-state index in [0.29, 0.717) is 66.6 Å². The van der Waals surface area contributed by atoms with Crippen LogP contribution < -0.4 is 25.8 Å². The third-order valence-corrected chi connectivity index (χ3v) is 6.65. The van der Waals surface area contributed by atoms with E-state index >= 15 is 0 Å². The Bertz CT molecular complexity index is 1260. The molecule has 0 aliphatic carbocycles. The quantitative estimate of drug-likeness (QED) is 0.494. The maximum absolute atomic E-state index is 12.2. The number of nitrogens with zero attached hydrogens (tertiary/aromatic N) is 4. The fourth-order valence-corrected chi connectivity index (χ4v) is 4.76. The second-order valence-corrected chi connectivity index (χ2v) is 8.81. The number of likely N-dealkylation sites (tertiary alicyclic amines) is 1. The van der Waals surface area contributed by atoms with E-state index < -0.39 is 12.2 Å². The molecule has 0 spiro atoms. The molecule has 2 aromatic carbocycles. The van der Waals surface area contributed by atoms with Gasteiger partial charge in [-0.1, -0.05) is 30.3 Å². The van der Waals surface area contributed by atoms with Gasteiger partial charge in [-0.25, -0.2) is 14.6 Å². The number of carbonyl (C=O) groups excluding carboxylic acids is 2. The lowest BCUT2D eigenvalue weighted by Gasteiger charge is -2.43. The van der Waals surface area contributed by atoms with Crippen molar-refractivity contribution in [2.24, 2.45) is 5.73 Å². The smallest absolute Gasteiger partial charge is 0.418 e. The lowest BCUT2D eigenvalue weighted by atomic mass is 9.72. The molecular formula is C25H30N6O5. The minimum Gasteiger partial charge on any atom is -0.493 e. The van der Waals surface area contributed by atoms with Crippen LogP contribution in [0.2, 0.25) is 0 Å². The summed E-state index contributed by atoms with van der Waals surface area (Å²) in [5.41, 5.74) is 12.8. The Hall–Kier alpha value is -4.28. The number of hydrogen-bond donors (Lipinski definition) is 2. The van der Waals surface area contributed by atoms with Crippen LogP contribution in [0.3, 0.4) is 0 Å². The van der Waals surface area contributed by atoms with Crippen LogP contribution in [0, 0.1) is 0 Å². The van der Waals surface area contributed by atoms with Gasteiger partial charge in [-0.05, 0) is 24.5 Å². The molecule has 1 aliphatic heterocycles. The summed E-state index contributed by atoms with van der Waals surface area (Å²) in [7, 11) is 5.04. The first-order chi connectivity index (χ1) is 17.3. The van der Waals surface area contributed by atoms with E-state index in [0.717, 1.165) is 5.56 Å². The van der Waals surface area contributed by atoms with E-state index in [1.54, 1.807) is 26.4 Å². The number of fused-ring (bicyclic) bond motifs is 1. The molecule has 0 unspecified atom stereocenters. The summed E-state index contributed by atoms with van der Waals surface area (Å²) in [4.78, 5) is 36.0. The Morgan fingerprint density at radius 3 is 2.31 bits per heavy atom. The zero-order valence-corrected chi connectivity index (χ0v) is 20.6. The SMILES string of the molecule is COc1cc2nc(N(C)CC3(c4ccccc4)CCN(C(=O)OC(N)=O)CC3)nc(N)c2cc1OC. The number of aromatic nitrogens is 2. The zero-order valence-electron chi connectivity index (χ0n) is 20.6. The van der Waals surface area contributed by atoms with Gasteiger partial charge in [-0.2, -0.15) is 4.98 Å². The number of ether oxygens (including phenoxy) is 3. The van der Waals surface area contributed by atoms with Gasteiger partial charge in [0.15, 0.2) is 11.5 Å². The number of nitrogens with two attached hydrogens (primary N) is 2. The minimum absolute atomic E-state index is 0.301. The molecule has 0 bridgehead atoms. The highest BCUT2D eigenvalue weighted by molar-refractivity contribution is 5.91. The van der Waals surface area contributed by atoms with Crippen LogP contribution in [0.15, 0.2) is 42.5 Å². The van der Waals surface area contributed by atoms with Crippen LogP contribution in [0.1, 0.15) is 18.4 Å². The Morgan fingerprint density at radius 1 is 1.06 bits per heavy atom. The number of likely N-dealkylation sites (N-methyl/N-ethyl adjacent to an activating group) is 1. The molecule has 1 saturated heterocycles. The van der Waals surface area contributed by atoms with Gasteiger partial charge in [0.1, 0.15) is 5.82 Å².